The number of thiophene rings is 1. The van der Waals surface area contributed by atoms with Gasteiger partial charge in [0.25, 0.3) is 0 Å². The Morgan fingerprint density at radius 3 is 2.80 bits per heavy atom. The smallest absolute Gasteiger partial charge is 0.305 e. The molecule has 0 atom stereocenters. The zero-order valence-electron chi connectivity index (χ0n) is 8.47. The van der Waals surface area contributed by atoms with Crippen molar-refractivity contribution < 1.29 is 14.7 Å². The molecule has 0 aliphatic heterocycles. The second-order valence-electron chi connectivity index (χ2n) is 3.22. The van der Waals surface area contributed by atoms with E-state index in [0.29, 0.717) is 6.42 Å². The van der Waals surface area contributed by atoms with Crippen molar-refractivity contribution in [3.8, 4) is 0 Å². The molecule has 82 valence electrons. The van der Waals surface area contributed by atoms with Crippen LogP contribution in [0.3, 0.4) is 0 Å². The number of carboxylic acids is 1. The van der Waals surface area contributed by atoms with Gasteiger partial charge in [-0.05, 0) is 11.4 Å². The van der Waals surface area contributed by atoms with E-state index in [2.05, 4.69) is 0 Å². The molecular weight excluding hydrogens is 214 g/mol. The number of rotatable bonds is 5. The predicted molar refractivity (Wildman–Crippen MR) is 57.9 cm³/mol. The number of likely N-dealkylation sites (N-methyl/N-ethyl adjacent to an activating group) is 1. The van der Waals surface area contributed by atoms with E-state index in [0.717, 1.165) is 4.88 Å². The van der Waals surface area contributed by atoms with Crippen LogP contribution in [-0.2, 0) is 16.0 Å². The molecule has 1 rings (SSSR count). The Morgan fingerprint density at radius 2 is 2.27 bits per heavy atom. The second kappa shape index (κ2) is 5.50. The molecule has 0 radical (unpaired) electrons. The van der Waals surface area contributed by atoms with Gasteiger partial charge in [-0.25, -0.2) is 0 Å². The van der Waals surface area contributed by atoms with E-state index in [1.807, 2.05) is 17.5 Å². The van der Waals surface area contributed by atoms with Crippen molar-refractivity contribution in [1.29, 1.82) is 0 Å². The number of carbonyl (C=O) groups excluding carboxylic acids is 1. The Kier molecular flexibility index (Phi) is 4.30. The highest BCUT2D eigenvalue weighted by Gasteiger charge is 2.11. The lowest BCUT2D eigenvalue weighted by Crippen LogP contribution is -2.30. The van der Waals surface area contributed by atoms with Gasteiger partial charge in [0.1, 0.15) is 0 Å². The van der Waals surface area contributed by atoms with E-state index in [4.69, 9.17) is 5.11 Å². The van der Waals surface area contributed by atoms with Gasteiger partial charge in [-0.1, -0.05) is 6.07 Å². The summed E-state index contributed by atoms with van der Waals surface area (Å²) in [7, 11) is 1.62. The molecule has 0 fully saturated rings. The number of amides is 1. The van der Waals surface area contributed by atoms with Gasteiger partial charge in [-0.2, -0.15) is 0 Å². The molecule has 0 spiro atoms. The Labute approximate surface area is 92.1 Å². The van der Waals surface area contributed by atoms with Crippen LogP contribution in [0.25, 0.3) is 0 Å². The van der Waals surface area contributed by atoms with E-state index in [1.165, 1.54) is 16.2 Å². The van der Waals surface area contributed by atoms with E-state index < -0.39 is 5.97 Å². The molecule has 0 saturated carbocycles. The lowest BCUT2D eigenvalue weighted by Gasteiger charge is -2.15. The monoisotopic (exact) mass is 227 g/mol. The summed E-state index contributed by atoms with van der Waals surface area (Å²) < 4.78 is 0. The van der Waals surface area contributed by atoms with E-state index in [-0.39, 0.29) is 18.9 Å². The largest absolute Gasteiger partial charge is 0.481 e. The van der Waals surface area contributed by atoms with Crippen LogP contribution in [0.5, 0.6) is 0 Å². The third-order valence-corrected chi connectivity index (χ3v) is 2.87. The maximum atomic E-state index is 11.6. The Balaban J connectivity index is 2.36. The minimum Gasteiger partial charge on any atom is -0.481 e. The van der Waals surface area contributed by atoms with Crippen molar-refractivity contribution in [1.82, 2.24) is 4.90 Å². The second-order valence-corrected chi connectivity index (χ2v) is 4.25. The topological polar surface area (TPSA) is 57.6 Å². The average molecular weight is 227 g/mol. The average Bonchev–Trinajstić information content (AvgIpc) is 2.66. The first-order chi connectivity index (χ1) is 7.09. The van der Waals surface area contributed by atoms with Crippen molar-refractivity contribution >= 4 is 23.2 Å². The van der Waals surface area contributed by atoms with Crippen molar-refractivity contribution in [3.05, 3.63) is 22.4 Å². The van der Waals surface area contributed by atoms with Crippen molar-refractivity contribution in [3.63, 3.8) is 0 Å². The molecule has 1 aromatic heterocycles. The molecule has 1 amide bonds. The predicted octanol–water partition coefficient (Wildman–Crippen LogP) is 1.22. The quantitative estimate of drug-likeness (QED) is 0.823. The van der Waals surface area contributed by atoms with Crippen LogP contribution in [-0.4, -0.2) is 35.5 Å². The lowest BCUT2D eigenvalue weighted by molar-refractivity contribution is -0.138. The summed E-state index contributed by atoms with van der Waals surface area (Å²) >= 11 is 1.53. The lowest BCUT2D eigenvalue weighted by atomic mass is 10.3. The minimum absolute atomic E-state index is 0.00726. The van der Waals surface area contributed by atoms with Crippen LogP contribution in [0, 0.1) is 0 Å². The number of aliphatic carboxylic acids is 1. The number of hydrogen-bond acceptors (Lipinski definition) is 3. The SMILES string of the molecule is CN(CCC(=O)O)C(=O)Cc1cccs1. The van der Waals surface area contributed by atoms with Gasteiger partial charge < -0.3 is 10.0 Å². The standard InChI is InChI=1S/C10H13NO3S/c1-11(5-4-10(13)14)9(12)7-8-3-2-6-15-8/h2-3,6H,4-5,7H2,1H3,(H,13,14). The summed E-state index contributed by atoms with van der Waals surface area (Å²) in [6.45, 7) is 0.263. The highest BCUT2D eigenvalue weighted by atomic mass is 32.1. The Morgan fingerprint density at radius 1 is 1.53 bits per heavy atom. The van der Waals surface area contributed by atoms with Gasteiger partial charge in [0.15, 0.2) is 0 Å². The first kappa shape index (κ1) is 11.7. The zero-order chi connectivity index (χ0) is 11.3. The summed E-state index contributed by atoms with van der Waals surface area (Å²) in [5.74, 6) is -0.926. The molecule has 0 aliphatic rings. The summed E-state index contributed by atoms with van der Waals surface area (Å²) in [4.78, 5) is 24.3. The Hall–Kier alpha value is -1.36. The highest BCUT2D eigenvalue weighted by Crippen LogP contribution is 2.10. The highest BCUT2D eigenvalue weighted by molar-refractivity contribution is 7.10. The molecular formula is C10H13NO3S. The fourth-order valence-corrected chi connectivity index (χ4v) is 1.78. The fourth-order valence-electron chi connectivity index (χ4n) is 1.09. The van der Waals surface area contributed by atoms with Crippen LogP contribution in [0.4, 0.5) is 0 Å². The first-order valence-corrected chi connectivity index (χ1v) is 5.45. The van der Waals surface area contributed by atoms with Gasteiger partial charge in [0.2, 0.25) is 5.91 Å². The molecule has 0 bridgehead atoms. The summed E-state index contributed by atoms with van der Waals surface area (Å²) in [6.07, 6.45) is 0.348. The maximum absolute atomic E-state index is 11.6. The molecule has 1 heterocycles. The number of nitrogens with zero attached hydrogens (tertiary/aromatic N) is 1. The third-order valence-electron chi connectivity index (χ3n) is 1.99. The zero-order valence-corrected chi connectivity index (χ0v) is 9.29. The first-order valence-electron chi connectivity index (χ1n) is 4.57. The molecule has 1 N–H and O–H groups in total. The fraction of sp³-hybridized carbons (Fsp3) is 0.400. The van der Waals surface area contributed by atoms with Gasteiger partial charge >= 0.3 is 5.97 Å². The molecule has 0 saturated heterocycles. The van der Waals surface area contributed by atoms with Crippen LogP contribution in [0.2, 0.25) is 0 Å². The molecule has 1 aromatic rings. The molecule has 5 heteroatoms. The normalized spacial score (nSPS) is 9.93. The minimum atomic E-state index is -0.884. The third kappa shape index (κ3) is 4.12. The Bertz CT molecular complexity index is 334. The van der Waals surface area contributed by atoms with Gasteiger partial charge in [-0.3, -0.25) is 9.59 Å². The summed E-state index contributed by atoms with van der Waals surface area (Å²) in [5, 5.41) is 10.4. The van der Waals surface area contributed by atoms with Gasteiger partial charge in [0, 0.05) is 18.5 Å². The van der Waals surface area contributed by atoms with Crippen LogP contribution in [0.1, 0.15) is 11.3 Å². The van der Waals surface area contributed by atoms with Gasteiger partial charge in [0.05, 0.1) is 12.8 Å². The number of carbonyl (C=O) groups is 2. The van der Waals surface area contributed by atoms with Crippen molar-refractivity contribution in [2.24, 2.45) is 0 Å². The molecule has 0 unspecified atom stereocenters. The maximum Gasteiger partial charge on any atom is 0.305 e. The molecule has 15 heavy (non-hydrogen) atoms. The van der Waals surface area contributed by atoms with Crippen LogP contribution < -0.4 is 0 Å². The van der Waals surface area contributed by atoms with Gasteiger partial charge in [-0.15, -0.1) is 11.3 Å². The summed E-state index contributed by atoms with van der Waals surface area (Å²) in [6, 6.07) is 3.79. The van der Waals surface area contributed by atoms with E-state index in [1.54, 1.807) is 7.05 Å². The van der Waals surface area contributed by atoms with Crippen LogP contribution >= 0.6 is 11.3 Å². The van der Waals surface area contributed by atoms with Crippen molar-refractivity contribution in [2.45, 2.75) is 12.8 Å². The molecule has 4 nitrogen and oxygen atoms in total. The van der Waals surface area contributed by atoms with Crippen molar-refractivity contribution in [2.75, 3.05) is 13.6 Å². The van der Waals surface area contributed by atoms with Crippen LogP contribution in [0.15, 0.2) is 17.5 Å². The van der Waals surface area contributed by atoms with E-state index >= 15 is 0 Å². The molecule has 0 aromatic carbocycles. The molecule has 0 aliphatic carbocycles. The van der Waals surface area contributed by atoms with E-state index in [9.17, 15) is 9.59 Å². The number of carboxylic acid groups (broad SMARTS) is 1. The summed E-state index contributed by atoms with van der Waals surface area (Å²) in [5.41, 5.74) is 0. The number of hydrogen-bond donors (Lipinski definition) is 1.